The number of hydrogen-bond donors (Lipinski definition) is 3. The molecule has 0 saturated heterocycles. The molecule has 0 fully saturated rings. The molecular formula is C19H21Br2N3O3. The predicted molar refractivity (Wildman–Crippen MR) is 113 cm³/mol. The second-order valence-corrected chi connectivity index (χ2v) is 7.56. The van der Waals surface area contributed by atoms with E-state index < -0.39 is 0 Å². The maximum atomic E-state index is 11.9. The van der Waals surface area contributed by atoms with E-state index in [2.05, 4.69) is 47.8 Å². The van der Waals surface area contributed by atoms with Crippen LogP contribution in [0.4, 0.5) is 10.5 Å². The summed E-state index contributed by atoms with van der Waals surface area (Å²) in [7, 11) is 1.59. The Morgan fingerprint density at radius 2 is 1.70 bits per heavy atom. The summed E-state index contributed by atoms with van der Waals surface area (Å²) < 4.78 is 7.14. The van der Waals surface area contributed by atoms with E-state index >= 15 is 0 Å². The summed E-state index contributed by atoms with van der Waals surface area (Å²) in [6.45, 7) is 0.758. The zero-order valence-corrected chi connectivity index (χ0v) is 18.0. The van der Waals surface area contributed by atoms with Crippen molar-refractivity contribution < 1.29 is 14.3 Å². The summed E-state index contributed by atoms with van der Waals surface area (Å²) in [4.78, 5) is 23.8. The van der Waals surface area contributed by atoms with Gasteiger partial charge in [-0.25, -0.2) is 4.79 Å². The van der Waals surface area contributed by atoms with Crippen LogP contribution in [0.5, 0.6) is 5.75 Å². The molecule has 0 aliphatic rings. The number of carbonyl (C=O) groups is 2. The number of amides is 3. The second-order valence-electron chi connectivity index (χ2n) is 5.72. The molecule has 27 heavy (non-hydrogen) atoms. The molecule has 2 aromatic carbocycles. The number of urea groups is 1. The average Bonchev–Trinajstić information content (AvgIpc) is 2.65. The van der Waals surface area contributed by atoms with Crippen LogP contribution in [0, 0.1) is 0 Å². The van der Waals surface area contributed by atoms with Crippen LogP contribution >= 0.6 is 31.9 Å². The fourth-order valence-electron chi connectivity index (χ4n) is 2.33. The van der Waals surface area contributed by atoms with E-state index in [0.29, 0.717) is 31.7 Å². The topological polar surface area (TPSA) is 79.5 Å². The number of benzene rings is 2. The van der Waals surface area contributed by atoms with Gasteiger partial charge in [-0.2, -0.15) is 0 Å². The standard InChI is InChI=1S/C19H21Br2N3O3/c1-27-17-9-6-15(21)11-13(17)12-23-19(26)22-10-2-3-18(25)24-16-7-4-14(20)5-8-16/h4-9,11H,2-3,10,12H2,1H3,(H,24,25)(H2,22,23,26). The molecule has 3 amide bonds. The largest absolute Gasteiger partial charge is 0.496 e. The molecule has 2 aromatic rings. The Labute approximate surface area is 175 Å². The monoisotopic (exact) mass is 497 g/mol. The summed E-state index contributed by atoms with van der Waals surface area (Å²) in [6.07, 6.45) is 0.881. The Bertz CT molecular complexity index is 782. The highest BCUT2D eigenvalue weighted by molar-refractivity contribution is 9.10. The third kappa shape index (κ3) is 7.60. The Balaban J connectivity index is 1.65. The van der Waals surface area contributed by atoms with E-state index in [1.54, 1.807) is 7.11 Å². The van der Waals surface area contributed by atoms with Gasteiger partial charge in [0.2, 0.25) is 5.91 Å². The van der Waals surface area contributed by atoms with Crippen molar-refractivity contribution in [2.75, 3.05) is 19.0 Å². The molecule has 0 radical (unpaired) electrons. The Morgan fingerprint density at radius 1 is 1.00 bits per heavy atom. The zero-order chi connectivity index (χ0) is 19.6. The molecule has 144 valence electrons. The number of nitrogens with one attached hydrogen (secondary N) is 3. The van der Waals surface area contributed by atoms with Crippen molar-refractivity contribution in [1.82, 2.24) is 10.6 Å². The first kappa shape index (κ1) is 21.2. The number of hydrogen-bond acceptors (Lipinski definition) is 3. The molecule has 0 aromatic heterocycles. The quantitative estimate of drug-likeness (QED) is 0.471. The second kappa shape index (κ2) is 10.9. The van der Waals surface area contributed by atoms with Crippen LogP contribution in [0.15, 0.2) is 51.4 Å². The van der Waals surface area contributed by atoms with Crippen molar-refractivity contribution in [2.24, 2.45) is 0 Å². The predicted octanol–water partition coefficient (Wildman–Crippen LogP) is 4.44. The highest BCUT2D eigenvalue weighted by atomic mass is 79.9. The van der Waals surface area contributed by atoms with E-state index in [1.165, 1.54) is 0 Å². The van der Waals surface area contributed by atoms with Gasteiger partial charge >= 0.3 is 6.03 Å². The molecule has 0 bridgehead atoms. The first-order valence-corrected chi connectivity index (χ1v) is 9.96. The third-order valence-electron chi connectivity index (χ3n) is 3.68. The molecule has 0 spiro atoms. The van der Waals surface area contributed by atoms with Gasteiger partial charge in [0, 0.05) is 39.7 Å². The molecule has 2 rings (SSSR count). The van der Waals surface area contributed by atoms with E-state index in [4.69, 9.17) is 4.74 Å². The van der Waals surface area contributed by atoms with Gasteiger partial charge in [0.15, 0.2) is 0 Å². The maximum Gasteiger partial charge on any atom is 0.315 e. The highest BCUT2D eigenvalue weighted by Gasteiger charge is 2.07. The van der Waals surface area contributed by atoms with E-state index in [0.717, 1.165) is 20.2 Å². The number of anilines is 1. The molecule has 0 aliphatic carbocycles. The first-order chi connectivity index (χ1) is 13.0. The minimum atomic E-state index is -0.287. The van der Waals surface area contributed by atoms with Crippen LogP contribution in [0.2, 0.25) is 0 Å². The lowest BCUT2D eigenvalue weighted by Gasteiger charge is -2.11. The van der Waals surface area contributed by atoms with Gasteiger partial charge in [0.1, 0.15) is 5.75 Å². The van der Waals surface area contributed by atoms with Gasteiger partial charge in [-0.05, 0) is 48.9 Å². The Kier molecular flexibility index (Phi) is 8.60. The molecule has 8 heteroatoms. The van der Waals surface area contributed by atoms with Crippen molar-refractivity contribution in [3.8, 4) is 5.75 Å². The molecule has 0 saturated carbocycles. The average molecular weight is 499 g/mol. The number of halogens is 2. The van der Waals surface area contributed by atoms with Crippen LogP contribution in [-0.2, 0) is 11.3 Å². The molecular weight excluding hydrogens is 478 g/mol. The fourth-order valence-corrected chi connectivity index (χ4v) is 3.00. The maximum absolute atomic E-state index is 11.9. The van der Waals surface area contributed by atoms with Crippen LogP contribution in [-0.4, -0.2) is 25.6 Å². The SMILES string of the molecule is COc1ccc(Br)cc1CNC(=O)NCCCC(=O)Nc1ccc(Br)cc1. The van der Waals surface area contributed by atoms with Gasteiger partial charge in [0.05, 0.1) is 7.11 Å². The summed E-state index contributed by atoms with van der Waals surface area (Å²) in [6, 6.07) is 12.7. The van der Waals surface area contributed by atoms with E-state index in [-0.39, 0.29) is 11.9 Å². The zero-order valence-electron chi connectivity index (χ0n) is 14.9. The van der Waals surface area contributed by atoms with Crippen LogP contribution in [0.25, 0.3) is 0 Å². The minimum Gasteiger partial charge on any atom is -0.496 e. The Hall–Kier alpha value is -2.06. The molecule has 0 heterocycles. The summed E-state index contributed by atoms with van der Waals surface area (Å²) >= 11 is 6.75. The number of rotatable bonds is 8. The lowest BCUT2D eigenvalue weighted by atomic mass is 10.2. The highest BCUT2D eigenvalue weighted by Crippen LogP contribution is 2.22. The summed E-state index contributed by atoms with van der Waals surface area (Å²) in [5.41, 5.74) is 1.62. The summed E-state index contributed by atoms with van der Waals surface area (Å²) in [5.74, 6) is 0.626. The molecule has 0 atom stereocenters. The van der Waals surface area contributed by atoms with Gasteiger partial charge in [-0.3, -0.25) is 4.79 Å². The lowest BCUT2D eigenvalue weighted by Crippen LogP contribution is -2.35. The lowest BCUT2D eigenvalue weighted by molar-refractivity contribution is -0.116. The van der Waals surface area contributed by atoms with Crippen molar-refractivity contribution >= 4 is 49.5 Å². The number of methoxy groups -OCH3 is 1. The third-order valence-corrected chi connectivity index (χ3v) is 4.70. The van der Waals surface area contributed by atoms with Gasteiger partial charge < -0.3 is 20.7 Å². The molecule has 3 N–H and O–H groups in total. The van der Waals surface area contributed by atoms with Crippen LogP contribution in [0.1, 0.15) is 18.4 Å². The first-order valence-electron chi connectivity index (χ1n) is 8.37. The molecule has 6 nitrogen and oxygen atoms in total. The Morgan fingerprint density at radius 3 is 2.41 bits per heavy atom. The fraction of sp³-hybridized carbons (Fsp3) is 0.263. The van der Waals surface area contributed by atoms with Crippen LogP contribution < -0.4 is 20.7 Å². The van der Waals surface area contributed by atoms with Crippen LogP contribution in [0.3, 0.4) is 0 Å². The number of ether oxygens (including phenoxy) is 1. The molecule has 0 aliphatic heterocycles. The van der Waals surface area contributed by atoms with Gasteiger partial charge in [-0.15, -0.1) is 0 Å². The van der Waals surface area contributed by atoms with Crippen molar-refractivity contribution in [3.63, 3.8) is 0 Å². The van der Waals surface area contributed by atoms with E-state index in [1.807, 2.05) is 42.5 Å². The number of carbonyl (C=O) groups excluding carboxylic acids is 2. The minimum absolute atomic E-state index is 0.0848. The smallest absolute Gasteiger partial charge is 0.315 e. The molecule has 0 unspecified atom stereocenters. The van der Waals surface area contributed by atoms with Crippen molar-refractivity contribution in [1.29, 1.82) is 0 Å². The van der Waals surface area contributed by atoms with Gasteiger partial charge in [0.25, 0.3) is 0 Å². The van der Waals surface area contributed by atoms with Crippen molar-refractivity contribution in [3.05, 3.63) is 57.0 Å². The van der Waals surface area contributed by atoms with Gasteiger partial charge in [-0.1, -0.05) is 31.9 Å². The summed E-state index contributed by atoms with van der Waals surface area (Å²) in [5, 5.41) is 8.34. The van der Waals surface area contributed by atoms with Crippen molar-refractivity contribution in [2.45, 2.75) is 19.4 Å². The van der Waals surface area contributed by atoms with E-state index in [9.17, 15) is 9.59 Å². The normalized spacial score (nSPS) is 10.2.